The number of nitrogens with zero attached hydrogens (tertiary/aromatic N) is 2. The number of rotatable bonds is 8. The number of methoxy groups -OCH3 is 1. The maximum Gasteiger partial charge on any atom is 0.337 e. The van der Waals surface area contributed by atoms with Crippen LogP contribution in [0.4, 0.5) is 11.4 Å². The van der Waals surface area contributed by atoms with Gasteiger partial charge in [-0.05, 0) is 25.1 Å². The Kier molecular flexibility index (Phi) is 6.10. The van der Waals surface area contributed by atoms with Crippen molar-refractivity contribution in [2.75, 3.05) is 19.1 Å². The molecule has 26 heavy (non-hydrogen) atoms. The minimum Gasteiger partial charge on any atom is -0.490 e. The lowest BCUT2D eigenvalue weighted by Crippen LogP contribution is -2.03. The molecule has 0 radical (unpaired) electrons. The Morgan fingerprint density at radius 1 is 1.38 bits per heavy atom. The smallest absolute Gasteiger partial charge is 0.337 e. The number of nitro benzene ring substituents is 1. The Bertz CT molecular complexity index is 850. The van der Waals surface area contributed by atoms with Crippen LogP contribution in [-0.2, 0) is 0 Å². The molecular formula is C17H17N3O6. The number of hydrazone groups is 1. The van der Waals surface area contributed by atoms with Gasteiger partial charge in [0, 0.05) is 11.6 Å². The van der Waals surface area contributed by atoms with Gasteiger partial charge in [0.1, 0.15) is 0 Å². The summed E-state index contributed by atoms with van der Waals surface area (Å²) >= 11 is 0. The van der Waals surface area contributed by atoms with Gasteiger partial charge in [-0.3, -0.25) is 15.5 Å². The lowest BCUT2D eigenvalue weighted by atomic mass is 10.2. The number of anilines is 1. The lowest BCUT2D eigenvalue weighted by Gasteiger charge is -2.10. The minimum absolute atomic E-state index is 0.0261. The van der Waals surface area contributed by atoms with Crippen LogP contribution in [0.5, 0.6) is 11.5 Å². The Labute approximate surface area is 149 Å². The van der Waals surface area contributed by atoms with Gasteiger partial charge in [0.15, 0.2) is 5.75 Å². The zero-order valence-corrected chi connectivity index (χ0v) is 14.1. The minimum atomic E-state index is -1.10. The summed E-state index contributed by atoms with van der Waals surface area (Å²) in [5.41, 5.74) is 3.10. The first-order valence-electron chi connectivity index (χ1n) is 7.58. The molecule has 9 heteroatoms. The highest BCUT2D eigenvalue weighted by Gasteiger charge is 2.21. The van der Waals surface area contributed by atoms with E-state index in [1.54, 1.807) is 31.2 Å². The maximum atomic E-state index is 11.2. The zero-order chi connectivity index (χ0) is 19.1. The summed E-state index contributed by atoms with van der Waals surface area (Å²) in [5, 5.41) is 24.3. The van der Waals surface area contributed by atoms with Crippen molar-refractivity contribution in [3.8, 4) is 11.5 Å². The van der Waals surface area contributed by atoms with Crippen molar-refractivity contribution < 1.29 is 24.3 Å². The van der Waals surface area contributed by atoms with E-state index in [0.29, 0.717) is 17.9 Å². The van der Waals surface area contributed by atoms with Crippen molar-refractivity contribution in [1.82, 2.24) is 0 Å². The third kappa shape index (κ3) is 4.26. The highest BCUT2D eigenvalue weighted by atomic mass is 16.6. The third-order valence-electron chi connectivity index (χ3n) is 3.31. The van der Waals surface area contributed by atoms with Gasteiger partial charge in [-0.15, -0.1) is 0 Å². The van der Waals surface area contributed by atoms with E-state index in [4.69, 9.17) is 14.6 Å². The SMILES string of the molecule is CCOc1cc(C=NNc2ccccc2C(=O)O)cc([N+](=O)[O-])c1OC. The van der Waals surface area contributed by atoms with Crippen LogP contribution in [0, 0.1) is 10.1 Å². The van der Waals surface area contributed by atoms with Gasteiger partial charge in [0.25, 0.3) is 0 Å². The summed E-state index contributed by atoms with van der Waals surface area (Å²) in [6, 6.07) is 9.09. The normalized spacial score (nSPS) is 10.5. The number of para-hydroxylation sites is 1. The molecule has 0 spiro atoms. The van der Waals surface area contributed by atoms with Crippen LogP contribution in [0.2, 0.25) is 0 Å². The number of benzene rings is 2. The van der Waals surface area contributed by atoms with E-state index in [-0.39, 0.29) is 22.7 Å². The van der Waals surface area contributed by atoms with Crippen LogP contribution in [0.1, 0.15) is 22.8 Å². The Morgan fingerprint density at radius 3 is 2.73 bits per heavy atom. The van der Waals surface area contributed by atoms with E-state index in [0.717, 1.165) is 0 Å². The second kappa shape index (κ2) is 8.47. The van der Waals surface area contributed by atoms with Gasteiger partial charge in [0.2, 0.25) is 5.75 Å². The number of aromatic carboxylic acids is 1. The molecule has 9 nitrogen and oxygen atoms in total. The number of hydrogen-bond acceptors (Lipinski definition) is 7. The standard InChI is InChI=1S/C17H17N3O6/c1-3-26-15-9-11(8-14(20(23)24)16(15)25-2)10-18-19-13-7-5-4-6-12(13)17(21)22/h4-10,19H,3H2,1-2H3,(H,21,22). The van der Waals surface area contributed by atoms with Crippen LogP contribution in [0.3, 0.4) is 0 Å². The van der Waals surface area contributed by atoms with E-state index in [1.165, 1.54) is 25.5 Å². The van der Waals surface area contributed by atoms with Crippen LogP contribution in [-0.4, -0.2) is 35.9 Å². The molecule has 0 aliphatic rings. The summed E-state index contributed by atoms with van der Waals surface area (Å²) in [5.74, 6) is -0.850. The molecule has 0 unspecified atom stereocenters. The van der Waals surface area contributed by atoms with E-state index in [1.807, 2.05) is 0 Å². The van der Waals surface area contributed by atoms with Crippen LogP contribution in [0.15, 0.2) is 41.5 Å². The molecule has 0 atom stereocenters. The average molecular weight is 359 g/mol. The van der Waals surface area contributed by atoms with Crippen LogP contribution < -0.4 is 14.9 Å². The number of nitro groups is 1. The van der Waals surface area contributed by atoms with Gasteiger partial charge >= 0.3 is 11.7 Å². The molecule has 0 aromatic heterocycles. The molecule has 2 rings (SSSR count). The molecule has 2 aromatic rings. The fraction of sp³-hybridized carbons (Fsp3) is 0.176. The van der Waals surface area contributed by atoms with Gasteiger partial charge in [-0.1, -0.05) is 12.1 Å². The topological polar surface area (TPSA) is 123 Å². The van der Waals surface area contributed by atoms with Gasteiger partial charge < -0.3 is 14.6 Å². The van der Waals surface area contributed by atoms with Gasteiger partial charge in [-0.2, -0.15) is 5.10 Å². The number of nitrogens with one attached hydrogen (secondary N) is 1. The van der Waals surface area contributed by atoms with E-state index in [2.05, 4.69) is 10.5 Å². The van der Waals surface area contributed by atoms with Crippen molar-refractivity contribution in [2.45, 2.75) is 6.92 Å². The molecule has 2 aromatic carbocycles. The molecule has 2 N–H and O–H groups in total. The van der Waals surface area contributed by atoms with Crippen molar-refractivity contribution in [1.29, 1.82) is 0 Å². The summed E-state index contributed by atoms with van der Waals surface area (Å²) < 4.78 is 10.5. The van der Waals surface area contributed by atoms with Gasteiger partial charge in [0.05, 0.1) is 36.1 Å². The summed E-state index contributed by atoms with van der Waals surface area (Å²) in [6.45, 7) is 2.05. The number of carboxylic acid groups (broad SMARTS) is 1. The summed E-state index contributed by atoms with van der Waals surface area (Å²) in [6.07, 6.45) is 1.33. The Hall–Kier alpha value is -3.62. The number of carbonyl (C=O) groups is 1. The fourth-order valence-electron chi connectivity index (χ4n) is 2.23. The molecule has 0 saturated carbocycles. The molecule has 0 bridgehead atoms. The third-order valence-corrected chi connectivity index (χ3v) is 3.31. The van der Waals surface area contributed by atoms with Crippen LogP contribution in [0.25, 0.3) is 0 Å². The molecule has 136 valence electrons. The maximum absolute atomic E-state index is 11.2. The van der Waals surface area contributed by atoms with E-state index in [9.17, 15) is 14.9 Å². The largest absolute Gasteiger partial charge is 0.490 e. The molecule has 0 heterocycles. The van der Waals surface area contributed by atoms with Crippen LogP contribution >= 0.6 is 0 Å². The zero-order valence-electron chi connectivity index (χ0n) is 14.1. The molecule has 0 aliphatic carbocycles. The first-order chi connectivity index (χ1) is 12.5. The number of ether oxygens (including phenoxy) is 2. The second-order valence-electron chi connectivity index (χ2n) is 4.98. The van der Waals surface area contributed by atoms with E-state index < -0.39 is 10.9 Å². The average Bonchev–Trinajstić information content (AvgIpc) is 2.61. The van der Waals surface area contributed by atoms with Crippen molar-refractivity contribution in [3.05, 3.63) is 57.6 Å². The molecule has 0 fully saturated rings. The van der Waals surface area contributed by atoms with Crippen molar-refractivity contribution in [2.24, 2.45) is 5.10 Å². The quantitative estimate of drug-likeness (QED) is 0.421. The number of carboxylic acids is 1. The number of hydrogen-bond donors (Lipinski definition) is 2. The predicted molar refractivity (Wildman–Crippen MR) is 95.4 cm³/mol. The highest BCUT2D eigenvalue weighted by molar-refractivity contribution is 5.94. The Balaban J connectivity index is 2.33. The Morgan fingerprint density at radius 2 is 2.12 bits per heavy atom. The lowest BCUT2D eigenvalue weighted by molar-refractivity contribution is -0.385. The molecular weight excluding hydrogens is 342 g/mol. The predicted octanol–water partition coefficient (Wildman–Crippen LogP) is 3.15. The van der Waals surface area contributed by atoms with Gasteiger partial charge in [-0.25, -0.2) is 4.79 Å². The molecule has 0 saturated heterocycles. The fourth-order valence-corrected chi connectivity index (χ4v) is 2.23. The van der Waals surface area contributed by atoms with Crippen molar-refractivity contribution in [3.63, 3.8) is 0 Å². The summed E-state index contributed by atoms with van der Waals surface area (Å²) in [7, 11) is 1.32. The van der Waals surface area contributed by atoms with Crippen molar-refractivity contribution >= 4 is 23.6 Å². The second-order valence-corrected chi connectivity index (χ2v) is 4.98. The monoisotopic (exact) mass is 359 g/mol. The first-order valence-corrected chi connectivity index (χ1v) is 7.58. The highest BCUT2D eigenvalue weighted by Crippen LogP contribution is 2.37. The van der Waals surface area contributed by atoms with E-state index >= 15 is 0 Å². The molecule has 0 aliphatic heterocycles. The first kappa shape index (κ1) is 18.7. The molecule has 0 amide bonds. The summed E-state index contributed by atoms with van der Waals surface area (Å²) in [4.78, 5) is 21.8.